The van der Waals surface area contributed by atoms with Gasteiger partial charge in [0.05, 0.1) is 6.10 Å². The lowest BCUT2D eigenvalue weighted by Crippen LogP contribution is -2.45. The van der Waals surface area contributed by atoms with Crippen molar-refractivity contribution in [3.8, 4) is 16.9 Å². The van der Waals surface area contributed by atoms with E-state index < -0.39 is 6.10 Å². The van der Waals surface area contributed by atoms with Gasteiger partial charge >= 0.3 is 0 Å². The molecule has 1 N–H and O–H groups in total. The van der Waals surface area contributed by atoms with Crippen LogP contribution in [0.2, 0.25) is 0 Å². The van der Waals surface area contributed by atoms with E-state index in [-0.39, 0.29) is 12.0 Å². The number of hydrogen-bond donors (Lipinski definition) is 1. The molecule has 1 aliphatic heterocycles. The van der Waals surface area contributed by atoms with E-state index in [1.165, 1.54) is 0 Å². The van der Waals surface area contributed by atoms with Crippen molar-refractivity contribution in [3.05, 3.63) is 54.6 Å². The zero-order valence-corrected chi connectivity index (χ0v) is 13.9. The maximum atomic E-state index is 12.4. The predicted octanol–water partition coefficient (Wildman–Crippen LogP) is 3.10. The number of aliphatic hydroxyl groups is 1. The quantitative estimate of drug-likeness (QED) is 0.940. The lowest BCUT2D eigenvalue weighted by molar-refractivity contribution is -0.139. The number of amides is 1. The minimum Gasteiger partial charge on any atom is -0.481 e. The Bertz CT molecular complexity index is 661. The molecule has 1 aliphatic rings. The predicted molar refractivity (Wildman–Crippen MR) is 93.8 cm³/mol. The van der Waals surface area contributed by atoms with E-state index in [0.29, 0.717) is 31.7 Å². The molecule has 4 nitrogen and oxygen atoms in total. The Balaban J connectivity index is 1.60. The van der Waals surface area contributed by atoms with E-state index in [4.69, 9.17) is 4.74 Å². The summed E-state index contributed by atoms with van der Waals surface area (Å²) in [5.41, 5.74) is 2.27. The first-order chi connectivity index (χ1) is 11.6. The fourth-order valence-electron chi connectivity index (χ4n) is 2.95. The molecule has 3 rings (SSSR count). The van der Waals surface area contributed by atoms with Gasteiger partial charge in [-0.25, -0.2) is 0 Å². The third kappa shape index (κ3) is 3.95. The molecule has 1 amide bonds. The first kappa shape index (κ1) is 16.5. The van der Waals surface area contributed by atoms with E-state index in [1.54, 1.807) is 11.8 Å². The number of carbonyl (C=O) groups excluding carboxylic acids is 1. The molecule has 4 heteroatoms. The van der Waals surface area contributed by atoms with Gasteiger partial charge in [-0.1, -0.05) is 42.5 Å². The minimum absolute atomic E-state index is 0.0194. The van der Waals surface area contributed by atoms with Crippen LogP contribution in [0, 0.1) is 0 Å². The summed E-state index contributed by atoms with van der Waals surface area (Å²) in [5.74, 6) is 0.668. The lowest BCUT2D eigenvalue weighted by atomic mass is 10.1. The zero-order valence-electron chi connectivity index (χ0n) is 13.9. The highest BCUT2D eigenvalue weighted by atomic mass is 16.5. The summed E-state index contributed by atoms with van der Waals surface area (Å²) in [6, 6.07) is 17.9. The molecule has 1 fully saturated rings. The number of piperidine rings is 1. The summed E-state index contributed by atoms with van der Waals surface area (Å²) in [6.07, 6.45) is 0.479. The molecule has 1 atom stereocenters. The molecule has 0 aromatic heterocycles. The lowest BCUT2D eigenvalue weighted by Gasteiger charge is -2.31. The second-order valence-corrected chi connectivity index (χ2v) is 6.21. The van der Waals surface area contributed by atoms with Crippen molar-refractivity contribution < 1.29 is 14.6 Å². The molecule has 126 valence electrons. The standard InChI is InChI=1S/C20H23NO3/c1-15(20(23)21-13-11-18(22)12-14-21)24-19-9-7-17(8-10-19)16-5-3-2-4-6-16/h2-10,15,18,22H,11-14H2,1H3. The number of aliphatic hydroxyl groups excluding tert-OH is 1. The topological polar surface area (TPSA) is 49.8 Å². The van der Waals surface area contributed by atoms with Gasteiger partial charge in [-0.05, 0) is 43.0 Å². The van der Waals surface area contributed by atoms with Crippen LogP contribution < -0.4 is 4.74 Å². The molecule has 0 saturated carbocycles. The average Bonchev–Trinajstić information content (AvgIpc) is 2.63. The van der Waals surface area contributed by atoms with E-state index in [9.17, 15) is 9.90 Å². The Labute approximate surface area is 142 Å². The number of benzene rings is 2. The van der Waals surface area contributed by atoms with Crippen LogP contribution in [0.15, 0.2) is 54.6 Å². The molecule has 0 aliphatic carbocycles. The molecular weight excluding hydrogens is 302 g/mol. The van der Waals surface area contributed by atoms with Crippen LogP contribution in [0.1, 0.15) is 19.8 Å². The third-order valence-corrected chi connectivity index (χ3v) is 4.40. The molecule has 24 heavy (non-hydrogen) atoms. The maximum Gasteiger partial charge on any atom is 0.263 e. The second-order valence-electron chi connectivity index (χ2n) is 6.21. The normalized spacial score (nSPS) is 16.7. The number of hydrogen-bond acceptors (Lipinski definition) is 3. The first-order valence-electron chi connectivity index (χ1n) is 8.42. The molecule has 0 radical (unpaired) electrons. The largest absolute Gasteiger partial charge is 0.481 e. The van der Waals surface area contributed by atoms with Crippen LogP contribution >= 0.6 is 0 Å². The van der Waals surface area contributed by atoms with Gasteiger partial charge in [0.2, 0.25) is 0 Å². The molecule has 2 aromatic rings. The fraction of sp³-hybridized carbons (Fsp3) is 0.350. The van der Waals surface area contributed by atoms with Crippen molar-refractivity contribution in [1.82, 2.24) is 4.90 Å². The number of likely N-dealkylation sites (tertiary alicyclic amines) is 1. The van der Waals surface area contributed by atoms with Crippen molar-refractivity contribution in [1.29, 1.82) is 0 Å². The Kier molecular flexibility index (Phi) is 5.16. The van der Waals surface area contributed by atoms with Gasteiger partial charge in [0.1, 0.15) is 5.75 Å². The Morgan fingerprint density at radius 1 is 1.04 bits per heavy atom. The minimum atomic E-state index is -0.525. The van der Waals surface area contributed by atoms with E-state index >= 15 is 0 Å². The SMILES string of the molecule is CC(Oc1ccc(-c2ccccc2)cc1)C(=O)N1CCC(O)CC1. The van der Waals surface area contributed by atoms with Crippen LogP contribution in [-0.4, -0.2) is 41.2 Å². The van der Waals surface area contributed by atoms with E-state index in [0.717, 1.165) is 11.1 Å². The Morgan fingerprint density at radius 2 is 1.62 bits per heavy atom. The van der Waals surface area contributed by atoms with Gasteiger partial charge < -0.3 is 14.7 Å². The summed E-state index contributed by atoms with van der Waals surface area (Å²) < 4.78 is 5.79. The van der Waals surface area contributed by atoms with E-state index in [1.807, 2.05) is 42.5 Å². The monoisotopic (exact) mass is 325 g/mol. The third-order valence-electron chi connectivity index (χ3n) is 4.40. The summed E-state index contributed by atoms with van der Waals surface area (Å²) >= 11 is 0. The Morgan fingerprint density at radius 3 is 2.25 bits per heavy atom. The number of ether oxygens (including phenoxy) is 1. The molecule has 1 unspecified atom stereocenters. The summed E-state index contributed by atoms with van der Waals surface area (Å²) in [6.45, 7) is 2.97. The highest BCUT2D eigenvalue weighted by Crippen LogP contribution is 2.23. The number of rotatable bonds is 4. The Hall–Kier alpha value is -2.33. The molecule has 2 aromatic carbocycles. The van der Waals surface area contributed by atoms with Gasteiger partial charge in [0.15, 0.2) is 6.10 Å². The van der Waals surface area contributed by atoms with Crippen LogP contribution in [0.4, 0.5) is 0 Å². The van der Waals surface area contributed by atoms with Crippen LogP contribution in [-0.2, 0) is 4.79 Å². The molecule has 0 bridgehead atoms. The number of carbonyl (C=O) groups is 1. The maximum absolute atomic E-state index is 12.4. The van der Waals surface area contributed by atoms with Crippen molar-refractivity contribution in [3.63, 3.8) is 0 Å². The van der Waals surface area contributed by atoms with Crippen LogP contribution in [0.25, 0.3) is 11.1 Å². The van der Waals surface area contributed by atoms with Crippen LogP contribution in [0.3, 0.4) is 0 Å². The highest BCUT2D eigenvalue weighted by molar-refractivity contribution is 5.81. The molecule has 1 heterocycles. The summed E-state index contributed by atoms with van der Waals surface area (Å²) in [7, 11) is 0. The van der Waals surface area contributed by atoms with Crippen molar-refractivity contribution in [2.24, 2.45) is 0 Å². The van der Waals surface area contributed by atoms with Gasteiger partial charge in [0.25, 0.3) is 5.91 Å². The van der Waals surface area contributed by atoms with Gasteiger partial charge in [-0.3, -0.25) is 4.79 Å². The average molecular weight is 325 g/mol. The van der Waals surface area contributed by atoms with Gasteiger partial charge in [-0.2, -0.15) is 0 Å². The van der Waals surface area contributed by atoms with Gasteiger partial charge in [0, 0.05) is 13.1 Å². The fourth-order valence-corrected chi connectivity index (χ4v) is 2.95. The van der Waals surface area contributed by atoms with E-state index in [2.05, 4.69) is 12.1 Å². The smallest absolute Gasteiger partial charge is 0.263 e. The van der Waals surface area contributed by atoms with Crippen LogP contribution in [0.5, 0.6) is 5.75 Å². The molecule has 0 spiro atoms. The molecule has 1 saturated heterocycles. The number of nitrogens with zero attached hydrogens (tertiary/aromatic N) is 1. The summed E-state index contributed by atoms with van der Waals surface area (Å²) in [4.78, 5) is 14.2. The van der Waals surface area contributed by atoms with Crippen molar-refractivity contribution in [2.45, 2.75) is 32.0 Å². The van der Waals surface area contributed by atoms with Gasteiger partial charge in [-0.15, -0.1) is 0 Å². The first-order valence-corrected chi connectivity index (χ1v) is 8.42. The molecular formula is C20H23NO3. The van der Waals surface area contributed by atoms with Crippen molar-refractivity contribution >= 4 is 5.91 Å². The van der Waals surface area contributed by atoms with Crippen molar-refractivity contribution in [2.75, 3.05) is 13.1 Å². The zero-order chi connectivity index (χ0) is 16.9. The summed E-state index contributed by atoms with van der Waals surface area (Å²) in [5, 5.41) is 9.53. The second kappa shape index (κ2) is 7.49. The highest BCUT2D eigenvalue weighted by Gasteiger charge is 2.26.